The predicted molar refractivity (Wildman–Crippen MR) is 101 cm³/mol. The van der Waals surface area contributed by atoms with Crippen LogP contribution >= 0.6 is 0 Å². The Hall–Kier alpha value is -2.88. The van der Waals surface area contributed by atoms with E-state index in [4.69, 9.17) is 14.4 Å². The maximum atomic E-state index is 8.82. The highest BCUT2D eigenvalue weighted by molar-refractivity contribution is 5.40. The van der Waals surface area contributed by atoms with Gasteiger partial charge in [0.25, 0.3) is 0 Å². The van der Waals surface area contributed by atoms with Crippen molar-refractivity contribution in [2.24, 2.45) is 0 Å². The number of nitrogens with zero attached hydrogens (tertiary/aromatic N) is 3. The first-order chi connectivity index (χ1) is 13.2. The molecule has 0 aliphatic carbocycles. The first-order valence-corrected chi connectivity index (χ1v) is 8.99. The summed E-state index contributed by atoms with van der Waals surface area (Å²) in [5, 5.41) is 12.9. The molecule has 6 nitrogen and oxygen atoms in total. The summed E-state index contributed by atoms with van der Waals surface area (Å²) in [5.41, 5.74) is 2.74. The topological polar surface area (TPSA) is 73.3 Å². The molecule has 3 aromatic rings. The van der Waals surface area contributed by atoms with E-state index in [2.05, 4.69) is 28.9 Å². The first-order valence-electron chi connectivity index (χ1n) is 8.99. The van der Waals surface area contributed by atoms with Gasteiger partial charge in [-0.25, -0.2) is 4.98 Å². The van der Waals surface area contributed by atoms with Gasteiger partial charge < -0.3 is 18.9 Å². The molecule has 0 spiro atoms. The van der Waals surface area contributed by atoms with E-state index in [1.54, 1.807) is 6.20 Å². The van der Waals surface area contributed by atoms with Crippen LogP contribution in [0.2, 0.25) is 0 Å². The zero-order chi connectivity index (χ0) is 19.1. The molecule has 0 radical (unpaired) electrons. The molecule has 0 bridgehead atoms. The zero-order valence-corrected chi connectivity index (χ0v) is 15.6. The number of ether oxygens (including phenoxy) is 1. The number of aliphatic hydroxyl groups is 1. The van der Waals surface area contributed by atoms with Crippen LogP contribution in [0.4, 0.5) is 0 Å². The van der Waals surface area contributed by atoms with Gasteiger partial charge in [-0.15, -0.1) is 0 Å². The van der Waals surface area contributed by atoms with Gasteiger partial charge >= 0.3 is 0 Å². The lowest BCUT2D eigenvalue weighted by molar-refractivity contribution is 0.0385. The monoisotopic (exact) mass is 365 g/mol. The Morgan fingerprint density at radius 3 is 2.81 bits per heavy atom. The van der Waals surface area contributed by atoms with Crippen LogP contribution in [-0.4, -0.2) is 33.0 Å². The van der Waals surface area contributed by atoms with E-state index in [1.807, 2.05) is 48.0 Å². The molecule has 3 rings (SSSR count). The van der Waals surface area contributed by atoms with Crippen molar-refractivity contribution in [1.82, 2.24) is 14.7 Å². The Bertz CT molecular complexity index is 916. The van der Waals surface area contributed by atoms with Crippen LogP contribution in [0.3, 0.4) is 0 Å². The maximum absolute atomic E-state index is 8.82. The predicted octanol–water partition coefficient (Wildman–Crippen LogP) is 2.95. The van der Waals surface area contributed by atoms with Crippen molar-refractivity contribution in [1.29, 1.82) is 0 Å². The molecular weight excluding hydrogens is 342 g/mol. The number of rotatable bonds is 7. The second kappa shape index (κ2) is 9.17. The summed E-state index contributed by atoms with van der Waals surface area (Å²) in [5.74, 6) is 7.64. The van der Waals surface area contributed by atoms with E-state index < -0.39 is 0 Å². The molecule has 1 aromatic carbocycles. The standard InChI is InChI=1S/C21H23N3O3/c1-3-21-22-10-11-24(21)15-19-14-20(27-23-19)9-6-17-4-7-18(8-5-17)16(2)26-13-12-25/h4-5,7-8,10-11,14,16,25H,3,12-13,15H2,1-2H3. The van der Waals surface area contributed by atoms with E-state index in [-0.39, 0.29) is 12.7 Å². The number of aromatic nitrogens is 3. The van der Waals surface area contributed by atoms with Gasteiger partial charge in [-0.2, -0.15) is 0 Å². The van der Waals surface area contributed by atoms with Crippen LogP contribution in [0, 0.1) is 11.8 Å². The second-order valence-corrected chi connectivity index (χ2v) is 6.12. The summed E-state index contributed by atoms with van der Waals surface area (Å²) in [6.45, 7) is 5.00. The number of aliphatic hydroxyl groups excluding tert-OH is 1. The van der Waals surface area contributed by atoms with E-state index in [0.29, 0.717) is 18.9 Å². The molecule has 140 valence electrons. The molecule has 1 N–H and O–H groups in total. The number of aryl methyl sites for hydroxylation is 1. The minimum absolute atomic E-state index is 0.0215. The Morgan fingerprint density at radius 1 is 1.26 bits per heavy atom. The van der Waals surface area contributed by atoms with Crippen molar-refractivity contribution in [3.63, 3.8) is 0 Å². The normalized spacial score (nSPS) is 11.8. The summed E-state index contributed by atoms with van der Waals surface area (Å²) in [7, 11) is 0. The van der Waals surface area contributed by atoms with E-state index in [1.165, 1.54) is 0 Å². The van der Waals surface area contributed by atoms with Crippen molar-refractivity contribution >= 4 is 0 Å². The molecule has 0 saturated carbocycles. The third-order valence-corrected chi connectivity index (χ3v) is 4.18. The molecular formula is C21H23N3O3. The Labute approximate surface area is 158 Å². The lowest BCUT2D eigenvalue weighted by Gasteiger charge is -2.12. The van der Waals surface area contributed by atoms with Crippen LogP contribution in [0.25, 0.3) is 0 Å². The molecule has 0 aliphatic rings. The minimum Gasteiger partial charge on any atom is -0.394 e. The van der Waals surface area contributed by atoms with Crippen LogP contribution < -0.4 is 0 Å². The molecule has 2 heterocycles. The van der Waals surface area contributed by atoms with E-state index >= 15 is 0 Å². The highest BCUT2D eigenvalue weighted by atomic mass is 16.5. The van der Waals surface area contributed by atoms with Gasteiger partial charge in [0, 0.05) is 30.4 Å². The van der Waals surface area contributed by atoms with E-state index in [9.17, 15) is 0 Å². The average Bonchev–Trinajstić information content (AvgIpc) is 3.34. The maximum Gasteiger partial charge on any atom is 0.210 e. The molecule has 0 saturated heterocycles. The fraction of sp³-hybridized carbons (Fsp3) is 0.333. The third-order valence-electron chi connectivity index (χ3n) is 4.18. The summed E-state index contributed by atoms with van der Waals surface area (Å²) >= 11 is 0. The van der Waals surface area contributed by atoms with Gasteiger partial charge in [-0.05, 0) is 30.5 Å². The van der Waals surface area contributed by atoms with Crippen LogP contribution in [0.1, 0.15) is 48.4 Å². The van der Waals surface area contributed by atoms with Crippen molar-refractivity contribution in [2.75, 3.05) is 13.2 Å². The molecule has 0 fully saturated rings. The van der Waals surface area contributed by atoms with Gasteiger partial charge in [-0.3, -0.25) is 0 Å². The summed E-state index contributed by atoms with van der Waals surface area (Å²) in [6, 6.07) is 9.69. The molecule has 1 unspecified atom stereocenters. The van der Waals surface area contributed by atoms with Crippen LogP contribution in [0.15, 0.2) is 47.2 Å². The fourth-order valence-corrected chi connectivity index (χ4v) is 2.72. The molecule has 0 amide bonds. The summed E-state index contributed by atoms with van der Waals surface area (Å²) < 4.78 is 12.9. The largest absolute Gasteiger partial charge is 0.394 e. The van der Waals surface area contributed by atoms with E-state index in [0.717, 1.165) is 29.1 Å². The molecule has 1 atom stereocenters. The lowest BCUT2D eigenvalue weighted by Crippen LogP contribution is -2.04. The highest BCUT2D eigenvalue weighted by Gasteiger charge is 2.07. The Morgan fingerprint density at radius 2 is 2.07 bits per heavy atom. The van der Waals surface area contributed by atoms with Gasteiger partial charge in [-0.1, -0.05) is 30.1 Å². The van der Waals surface area contributed by atoms with Crippen molar-refractivity contribution in [3.05, 3.63) is 71.1 Å². The summed E-state index contributed by atoms with van der Waals surface area (Å²) in [4.78, 5) is 4.30. The van der Waals surface area contributed by atoms with Crippen LogP contribution in [-0.2, 0) is 17.7 Å². The summed E-state index contributed by atoms with van der Waals surface area (Å²) in [6.07, 6.45) is 4.54. The smallest absolute Gasteiger partial charge is 0.210 e. The molecule has 6 heteroatoms. The fourth-order valence-electron chi connectivity index (χ4n) is 2.72. The highest BCUT2D eigenvalue weighted by Crippen LogP contribution is 2.17. The SMILES string of the molecule is CCc1nccn1Cc1cc(C#Cc2ccc(C(C)OCCO)cc2)on1. The average molecular weight is 365 g/mol. The molecule has 0 aliphatic heterocycles. The zero-order valence-electron chi connectivity index (χ0n) is 15.6. The Kier molecular flexibility index (Phi) is 6.42. The van der Waals surface area contributed by atoms with Crippen molar-refractivity contribution < 1.29 is 14.4 Å². The van der Waals surface area contributed by atoms with Crippen molar-refractivity contribution in [3.8, 4) is 11.8 Å². The van der Waals surface area contributed by atoms with Gasteiger partial charge in [0.2, 0.25) is 5.76 Å². The minimum atomic E-state index is -0.0628. The van der Waals surface area contributed by atoms with Crippen molar-refractivity contribution in [2.45, 2.75) is 32.9 Å². The van der Waals surface area contributed by atoms with Gasteiger partial charge in [0.05, 0.1) is 25.9 Å². The molecule has 2 aromatic heterocycles. The number of hydrogen-bond donors (Lipinski definition) is 1. The second-order valence-electron chi connectivity index (χ2n) is 6.12. The number of imidazole rings is 1. The van der Waals surface area contributed by atoms with Crippen LogP contribution in [0.5, 0.6) is 0 Å². The lowest BCUT2D eigenvalue weighted by atomic mass is 10.1. The van der Waals surface area contributed by atoms with Gasteiger partial charge in [0.15, 0.2) is 0 Å². The molecule has 27 heavy (non-hydrogen) atoms. The first kappa shape index (κ1) is 18.9. The number of hydrogen-bond acceptors (Lipinski definition) is 5. The number of benzene rings is 1. The van der Waals surface area contributed by atoms with Gasteiger partial charge in [0.1, 0.15) is 11.5 Å². The Balaban J connectivity index is 1.63. The third kappa shape index (κ3) is 5.07. The quantitative estimate of drug-likeness (QED) is 0.652.